The van der Waals surface area contributed by atoms with E-state index in [4.69, 9.17) is 11.6 Å². The van der Waals surface area contributed by atoms with Gasteiger partial charge in [-0.3, -0.25) is 0 Å². The zero-order valence-electron chi connectivity index (χ0n) is 10.4. The lowest BCUT2D eigenvalue weighted by molar-refractivity contribution is 1.08. The SMILES string of the molecule is Cc1c(C#N)n(-c2ccccc2)c2ccc(Cl)cc12. The second-order valence-electron chi connectivity index (χ2n) is 4.42. The highest BCUT2D eigenvalue weighted by molar-refractivity contribution is 6.31. The Morgan fingerprint density at radius 3 is 2.53 bits per heavy atom. The number of halogens is 1. The van der Waals surface area contributed by atoms with Gasteiger partial charge in [0.2, 0.25) is 0 Å². The second-order valence-corrected chi connectivity index (χ2v) is 4.85. The highest BCUT2D eigenvalue weighted by Crippen LogP contribution is 2.30. The smallest absolute Gasteiger partial charge is 0.128 e. The highest BCUT2D eigenvalue weighted by Gasteiger charge is 2.15. The van der Waals surface area contributed by atoms with Crippen molar-refractivity contribution >= 4 is 22.5 Å². The summed E-state index contributed by atoms with van der Waals surface area (Å²) in [4.78, 5) is 0. The van der Waals surface area contributed by atoms with Crippen LogP contribution in [-0.2, 0) is 0 Å². The third-order valence-corrected chi connectivity index (χ3v) is 3.54. The minimum absolute atomic E-state index is 0.656. The van der Waals surface area contributed by atoms with E-state index in [2.05, 4.69) is 6.07 Å². The lowest BCUT2D eigenvalue weighted by atomic mass is 10.1. The quantitative estimate of drug-likeness (QED) is 0.639. The van der Waals surface area contributed by atoms with Gasteiger partial charge >= 0.3 is 0 Å². The van der Waals surface area contributed by atoms with Crippen molar-refractivity contribution in [1.82, 2.24) is 4.57 Å². The van der Waals surface area contributed by atoms with Crippen molar-refractivity contribution in [2.24, 2.45) is 0 Å². The number of fused-ring (bicyclic) bond motifs is 1. The third-order valence-electron chi connectivity index (χ3n) is 3.30. The van der Waals surface area contributed by atoms with E-state index < -0.39 is 0 Å². The number of aryl methyl sites for hydroxylation is 1. The van der Waals surface area contributed by atoms with Gasteiger partial charge in [-0.1, -0.05) is 29.8 Å². The Morgan fingerprint density at radius 2 is 1.84 bits per heavy atom. The molecule has 0 amide bonds. The molecular formula is C16H11ClN2. The third kappa shape index (κ3) is 1.80. The molecule has 19 heavy (non-hydrogen) atoms. The Balaban J connectivity index is 2.45. The molecule has 0 fully saturated rings. The number of rotatable bonds is 1. The molecule has 1 heterocycles. The Morgan fingerprint density at radius 1 is 1.11 bits per heavy atom. The Kier molecular flexibility index (Phi) is 2.77. The van der Waals surface area contributed by atoms with E-state index >= 15 is 0 Å². The zero-order chi connectivity index (χ0) is 13.4. The standard InChI is InChI=1S/C16H11ClN2/c1-11-14-9-12(17)7-8-15(14)19(16(11)10-18)13-5-3-2-4-6-13/h2-9H,1H3. The predicted octanol–water partition coefficient (Wildman–Crippen LogP) is 4.46. The molecule has 3 rings (SSSR count). The molecule has 0 bridgehead atoms. The molecule has 0 atom stereocenters. The summed E-state index contributed by atoms with van der Waals surface area (Å²) in [6.45, 7) is 1.96. The van der Waals surface area contributed by atoms with Gasteiger partial charge in [-0.2, -0.15) is 5.26 Å². The van der Waals surface area contributed by atoms with Crippen molar-refractivity contribution in [2.45, 2.75) is 6.92 Å². The number of hydrogen-bond donors (Lipinski definition) is 0. The predicted molar refractivity (Wildman–Crippen MR) is 77.7 cm³/mol. The number of aromatic nitrogens is 1. The first kappa shape index (κ1) is 11.8. The van der Waals surface area contributed by atoms with E-state index in [1.54, 1.807) is 0 Å². The van der Waals surface area contributed by atoms with E-state index in [1.165, 1.54) is 0 Å². The molecule has 2 aromatic carbocycles. The van der Waals surface area contributed by atoms with Crippen molar-refractivity contribution in [3.05, 3.63) is 64.8 Å². The molecule has 0 aliphatic heterocycles. The maximum absolute atomic E-state index is 9.43. The van der Waals surface area contributed by atoms with Gasteiger partial charge in [0.25, 0.3) is 0 Å². The summed E-state index contributed by atoms with van der Waals surface area (Å²) in [5.74, 6) is 0. The van der Waals surface area contributed by atoms with E-state index in [9.17, 15) is 5.26 Å². The monoisotopic (exact) mass is 266 g/mol. The molecule has 0 unspecified atom stereocenters. The van der Waals surface area contributed by atoms with Crippen molar-refractivity contribution in [1.29, 1.82) is 5.26 Å². The lowest BCUT2D eigenvalue weighted by Crippen LogP contribution is -1.96. The fourth-order valence-electron chi connectivity index (χ4n) is 2.40. The van der Waals surface area contributed by atoms with Gasteiger partial charge in [0.15, 0.2) is 0 Å². The van der Waals surface area contributed by atoms with Gasteiger partial charge in [0.1, 0.15) is 11.8 Å². The molecule has 0 radical (unpaired) electrons. The van der Waals surface area contributed by atoms with Crippen LogP contribution >= 0.6 is 11.6 Å². The summed E-state index contributed by atoms with van der Waals surface area (Å²) >= 11 is 6.05. The number of para-hydroxylation sites is 1. The van der Waals surface area contributed by atoms with Crippen LogP contribution in [0.1, 0.15) is 11.3 Å². The fourth-order valence-corrected chi connectivity index (χ4v) is 2.57. The Bertz CT molecular complexity index is 795. The number of nitrogens with zero attached hydrogens (tertiary/aromatic N) is 2. The molecule has 3 aromatic rings. The van der Waals surface area contributed by atoms with Crippen LogP contribution in [-0.4, -0.2) is 4.57 Å². The molecule has 0 saturated carbocycles. The molecule has 3 heteroatoms. The number of benzene rings is 2. The van der Waals surface area contributed by atoms with Crippen LogP contribution in [0, 0.1) is 18.3 Å². The minimum Gasteiger partial charge on any atom is -0.301 e. The average molecular weight is 267 g/mol. The zero-order valence-corrected chi connectivity index (χ0v) is 11.1. The van der Waals surface area contributed by atoms with Gasteiger partial charge in [0.05, 0.1) is 5.52 Å². The topological polar surface area (TPSA) is 28.7 Å². The van der Waals surface area contributed by atoms with E-state index in [0.29, 0.717) is 10.7 Å². The van der Waals surface area contributed by atoms with Gasteiger partial charge in [-0.25, -0.2) is 0 Å². The maximum Gasteiger partial charge on any atom is 0.128 e. The first-order valence-corrected chi connectivity index (χ1v) is 6.36. The van der Waals surface area contributed by atoms with Crippen LogP contribution in [0.2, 0.25) is 5.02 Å². The van der Waals surface area contributed by atoms with Crippen LogP contribution in [0.4, 0.5) is 0 Å². The largest absolute Gasteiger partial charge is 0.301 e. The minimum atomic E-state index is 0.656. The van der Waals surface area contributed by atoms with Crippen molar-refractivity contribution in [2.75, 3.05) is 0 Å². The Hall–Kier alpha value is -2.24. The summed E-state index contributed by atoms with van der Waals surface area (Å²) < 4.78 is 1.97. The average Bonchev–Trinajstić information content (AvgIpc) is 2.72. The molecule has 0 aliphatic carbocycles. The summed E-state index contributed by atoms with van der Waals surface area (Å²) in [7, 11) is 0. The van der Waals surface area contributed by atoms with Crippen molar-refractivity contribution < 1.29 is 0 Å². The number of nitriles is 1. The van der Waals surface area contributed by atoms with Gasteiger partial charge < -0.3 is 4.57 Å². The maximum atomic E-state index is 9.43. The van der Waals surface area contributed by atoms with Gasteiger partial charge in [-0.15, -0.1) is 0 Å². The van der Waals surface area contributed by atoms with Crippen LogP contribution in [0.15, 0.2) is 48.5 Å². The van der Waals surface area contributed by atoms with Crippen LogP contribution in [0.25, 0.3) is 16.6 Å². The van der Waals surface area contributed by atoms with Crippen LogP contribution in [0.5, 0.6) is 0 Å². The normalized spacial score (nSPS) is 10.6. The van der Waals surface area contributed by atoms with E-state index in [1.807, 2.05) is 60.0 Å². The molecule has 0 saturated heterocycles. The number of hydrogen-bond acceptors (Lipinski definition) is 1. The summed E-state index contributed by atoms with van der Waals surface area (Å²) in [6.07, 6.45) is 0. The van der Waals surface area contributed by atoms with Gasteiger partial charge in [-0.05, 0) is 42.8 Å². The second kappa shape index (κ2) is 4.46. The molecule has 2 nitrogen and oxygen atoms in total. The highest BCUT2D eigenvalue weighted by atomic mass is 35.5. The summed E-state index contributed by atoms with van der Waals surface area (Å²) in [6, 6.07) is 17.9. The lowest BCUT2D eigenvalue weighted by Gasteiger charge is -2.06. The first-order valence-electron chi connectivity index (χ1n) is 5.98. The van der Waals surface area contributed by atoms with Crippen molar-refractivity contribution in [3.63, 3.8) is 0 Å². The molecule has 1 aromatic heterocycles. The molecule has 92 valence electrons. The van der Waals surface area contributed by atoms with E-state index in [-0.39, 0.29) is 0 Å². The van der Waals surface area contributed by atoms with Crippen molar-refractivity contribution in [3.8, 4) is 11.8 Å². The molecule has 0 spiro atoms. The first-order chi connectivity index (χ1) is 9.22. The summed E-state index contributed by atoms with van der Waals surface area (Å²) in [5, 5.41) is 11.1. The van der Waals surface area contributed by atoms with Gasteiger partial charge in [0, 0.05) is 16.1 Å². The van der Waals surface area contributed by atoms with E-state index in [0.717, 1.165) is 22.2 Å². The molecule has 0 aliphatic rings. The van der Waals surface area contributed by atoms with Crippen LogP contribution < -0.4 is 0 Å². The van der Waals surface area contributed by atoms with Crippen LogP contribution in [0.3, 0.4) is 0 Å². The summed E-state index contributed by atoms with van der Waals surface area (Å²) in [5.41, 5.74) is 3.61. The molecule has 0 N–H and O–H groups in total. The fraction of sp³-hybridized carbons (Fsp3) is 0.0625. The molecular weight excluding hydrogens is 256 g/mol. The Labute approximate surface area is 116 Å².